The second-order valence-corrected chi connectivity index (χ2v) is 5.37. The molecule has 0 spiro atoms. The summed E-state index contributed by atoms with van der Waals surface area (Å²) in [6.45, 7) is 4.12. The Morgan fingerprint density at radius 3 is 3.00 bits per heavy atom. The number of thiophene rings is 1. The van der Waals surface area contributed by atoms with E-state index < -0.39 is 0 Å². The summed E-state index contributed by atoms with van der Waals surface area (Å²) in [5, 5.41) is 11.2. The van der Waals surface area contributed by atoms with Crippen LogP contribution in [-0.4, -0.2) is 11.5 Å². The molecule has 86 valence electrons. The third-order valence-electron chi connectivity index (χ3n) is 2.37. The molecule has 0 saturated carbocycles. The molecule has 2 aromatic heterocycles. The lowest BCUT2D eigenvalue weighted by molar-refractivity contribution is 0.682. The van der Waals surface area contributed by atoms with Crippen LogP contribution in [0.25, 0.3) is 0 Å². The summed E-state index contributed by atoms with van der Waals surface area (Å²) in [6, 6.07) is 2.16. The lowest BCUT2D eigenvalue weighted by atomic mass is 10.3. The summed E-state index contributed by atoms with van der Waals surface area (Å²) in [4.78, 5) is 4.54. The first-order chi connectivity index (χ1) is 7.88. The maximum absolute atomic E-state index is 4.54. The Bertz CT molecular complexity index is 406. The molecular formula is C12H16N2S2. The Kier molecular flexibility index (Phi) is 4.51. The molecule has 0 aromatic carbocycles. The Hall–Kier alpha value is -0.710. The molecule has 0 amide bonds. The quantitative estimate of drug-likeness (QED) is 0.799. The van der Waals surface area contributed by atoms with Crippen LogP contribution in [0.3, 0.4) is 0 Å². The van der Waals surface area contributed by atoms with Crippen molar-refractivity contribution in [3.05, 3.63) is 38.5 Å². The van der Waals surface area contributed by atoms with Gasteiger partial charge in [0, 0.05) is 24.9 Å². The number of thiazole rings is 1. The van der Waals surface area contributed by atoms with Gasteiger partial charge in [-0.2, -0.15) is 11.3 Å². The maximum atomic E-state index is 4.54. The van der Waals surface area contributed by atoms with Crippen LogP contribution >= 0.6 is 22.7 Å². The van der Waals surface area contributed by atoms with Crippen molar-refractivity contribution in [1.82, 2.24) is 10.3 Å². The van der Waals surface area contributed by atoms with Gasteiger partial charge in [0.1, 0.15) is 0 Å². The number of aryl methyl sites for hydroxylation is 1. The van der Waals surface area contributed by atoms with Gasteiger partial charge in [-0.1, -0.05) is 6.92 Å². The first-order valence-electron chi connectivity index (χ1n) is 5.53. The van der Waals surface area contributed by atoms with Gasteiger partial charge in [-0.05, 0) is 28.8 Å². The van der Waals surface area contributed by atoms with Crippen LogP contribution in [0, 0.1) is 0 Å². The molecule has 0 radical (unpaired) electrons. The van der Waals surface area contributed by atoms with E-state index in [9.17, 15) is 0 Å². The Balaban J connectivity index is 1.68. The lowest BCUT2D eigenvalue weighted by Crippen LogP contribution is -2.16. The molecular weight excluding hydrogens is 236 g/mol. The minimum atomic E-state index is 0.967. The number of rotatable bonds is 6. The van der Waals surface area contributed by atoms with E-state index in [1.54, 1.807) is 22.7 Å². The van der Waals surface area contributed by atoms with Crippen molar-refractivity contribution < 1.29 is 0 Å². The van der Waals surface area contributed by atoms with Gasteiger partial charge >= 0.3 is 0 Å². The van der Waals surface area contributed by atoms with Gasteiger partial charge in [-0.15, -0.1) is 11.3 Å². The van der Waals surface area contributed by atoms with Gasteiger partial charge in [-0.3, -0.25) is 0 Å². The normalized spacial score (nSPS) is 10.8. The van der Waals surface area contributed by atoms with E-state index in [-0.39, 0.29) is 0 Å². The third kappa shape index (κ3) is 3.40. The van der Waals surface area contributed by atoms with E-state index in [1.165, 1.54) is 16.3 Å². The highest BCUT2D eigenvalue weighted by atomic mass is 32.1. The highest BCUT2D eigenvalue weighted by Crippen LogP contribution is 2.10. The van der Waals surface area contributed by atoms with E-state index in [0.29, 0.717) is 0 Å². The van der Waals surface area contributed by atoms with Crippen LogP contribution in [0.5, 0.6) is 0 Å². The highest BCUT2D eigenvalue weighted by molar-refractivity contribution is 7.09. The monoisotopic (exact) mass is 252 g/mol. The topological polar surface area (TPSA) is 24.9 Å². The van der Waals surface area contributed by atoms with Crippen LogP contribution in [0.15, 0.2) is 22.2 Å². The van der Waals surface area contributed by atoms with Crippen LogP contribution in [0.2, 0.25) is 0 Å². The zero-order valence-electron chi connectivity index (χ0n) is 9.40. The van der Waals surface area contributed by atoms with E-state index >= 15 is 0 Å². The molecule has 2 rings (SSSR count). The van der Waals surface area contributed by atoms with Crippen molar-refractivity contribution in [3.8, 4) is 0 Å². The van der Waals surface area contributed by atoms with Gasteiger partial charge in [0.05, 0.1) is 10.7 Å². The highest BCUT2D eigenvalue weighted by Gasteiger charge is 1.99. The maximum Gasteiger partial charge on any atom is 0.0925 e. The van der Waals surface area contributed by atoms with Crippen molar-refractivity contribution in [2.45, 2.75) is 26.3 Å². The van der Waals surface area contributed by atoms with E-state index in [1.807, 2.05) is 0 Å². The largest absolute Gasteiger partial charge is 0.312 e. The SMILES string of the molecule is CCc1nc(CCNCc2ccsc2)cs1. The molecule has 16 heavy (non-hydrogen) atoms. The van der Waals surface area contributed by atoms with Gasteiger partial charge in [0.2, 0.25) is 0 Å². The minimum absolute atomic E-state index is 0.967. The molecule has 2 aromatic rings. The lowest BCUT2D eigenvalue weighted by Gasteiger charge is -2.00. The Labute approximate surface area is 104 Å². The minimum Gasteiger partial charge on any atom is -0.312 e. The molecule has 0 atom stereocenters. The van der Waals surface area contributed by atoms with Gasteiger partial charge in [0.15, 0.2) is 0 Å². The number of nitrogens with zero attached hydrogens (tertiary/aromatic N) is 1. The average molecular weight is 252 g/mol. The molecule has 0 fully saturated rings. The predicted molar refractivity (Wildman–Crippen MR) is 71.2 cm³/mol. The molecule has 0 aliphatic heterocycles. The van der Waals surface area contributed by atoms with Crippen LogP contribution in [0.1, 0.15) is 23.2 Å². The first kappa shape index (κ1) is 11.8. The number of hydrogen-bond acceptors (Lipinski definition) is 4. The van der Waals surface area contributed by atoms with Crippen molar-refractivity contribution in [1.29, 1.82) is 0 Å². The predicted octanol–water partition coefficient (Wildman–Crippen LogP) is 3.10. The molecule has 0 aliphatic carbocycles. The second-order valence-electron chi connectivity index (χ2n) is 3.64. The fourth-order valence-electron chi connectivity index (χ4n) is 1.47. The molecule has 0 unspecified atom stereocenters. The molecule has 4 heteroatoms. The number of hydrogen-bond donors (Lipinski definition) is 1. The smallest absolute Gasteiger partial charge is 0.0925 e. The summed E-state index contributed by atoms with van der Waals surface area (Å²) in [5.41, 5.74) is 2.59. The van der Waals surface area contributed by atoms with Gasteiger partial charge < -0.3 is 5.32 Å². The fourth-order valence-corrected chi connectivity index (χ4v) is 2.92. The average Bonchev–Trinajstić information content (AvgIpc) is 2.95. The zero-order chi connectivity index (χ0) is 11.2. The fraction of sp³-hybridized carbons (Fsp3) is 0.417. The van der Waals surface area contributed by atoms with Crippen molar-refractivity contribution >= 4 is 22.7 Å². The molecule has 0 bridgehead atoms. The van der Waals surface area contributed by atoms with Crippen molar-refractivity contribution in [2.24, 2.45) is 0 Å². The van der Waals surface area contributed by atoms with Gasteiger partial charge in [-0.25, -0.2) is 4.98 Å². The molecule has 0 saturated heterocycles. The number of aromatic nitrogens is 1. The zero-order valence-corrected chi connectivity index (χ0v) is 11.0. The van der Waals surface area contributed by atoms with Crippen molar-refractivity contribution in [3.63, 3.8) is 0 Å². The summed E-state index contributed by atoms with van der Waals surface area (Å²) in [7, 11) is 0. The summed E-state index contributed by atoms with van der Waals surface area (Å²) >= 11 is 3.52. The van der Waals surface area contributed by atoms with E-state index in [0.717, 1.165) is 25.9 Å². The standard InChI is InChI=1S/C12H16N2S2/c1-2-12-14-11(9-16-12)3-5-13-7-10-4-6-15-8-10/h4,6,8-9,13H,2-3,5,7H2,1H3. The summed E-state index contributed by atoms with van der Waals surface area (Å²) in [5.74, 6) is 0. The summed E-state index contributed by atoms with van der Waals surface area (Å²) < 4.78 is 0. The third-order valence-corrected chi connectivity index (χ3v) is 4.14. The van der Waals surface area contributed by atoms with Crippen molar-refractivity contribution in [2.75, 3.05) is 6.54 Å². The molecule has 1 N–H and O–H groups in total. The molecule has 2 nitrogen and oxygen atoms in total. The Morgan fingerprint density at radius 2 is 2.31 bits per heavy atom. The van der Waals surface area contributed by atoms with Gasteiger partial charge in [0.25, 0.3) is 0 Å². The van der Waals surface area contributed by atoms with Crippen LogP contribution in [0.4, 0.5) is 0 Å². The van der Waals surface area contributed by atoms with Crippen LogP contribution in [-0.2, 0) is 19.4 Å². The van der Waals surface area contributed by atoms with E-state index in [2.05, 4.69) is 39.4 Å². The van der Waals surface area contributed by atoms with E-state index in [4.69, 9.17) is 0 Å². The second kappa shape index (κ2) is 6.13. The number of nitrogens with one attached hydrogen (secondary N) is 1. The first-order valence-corrected chi connectivity index (χ1v) is 7.36. The molecule has 2 heterocycles. The summed E-state index contributed by atoms with van der Waals surface area (Å²) in [6.07, 6.45) is 2.08. The van der Waals surface area contributed by atoms with Crippen LogP contribution < -0.4 is 5.32 Å². The molecule has 0 aliphatic rings. The Morgan fingerprint density at radius 1 is 1.38 bits per heavy atom.